The summed E-state index contributed by atoms with van der Waals surface area (Å²) < 4.78 is 5.46. The van der Waals surface area contributed by atoms with Crippen LogP contribution in [0.5, 0.6) is 5.75 Å². The first kappa shape index (κ1) is 12.8. The first-order valence-corrected chi connectivity index (χ1v) is 5.62. The van der Waals surface area contributed by atoms with Gasteiger partial charge in [-0.3, -0.25) is 4.79 Å². The molecule has 0 bridgehead atoms. The summed E-state index contributed by atoms with van der Waals surface area (Å²) in [4.78, 5) is 10.7. The Labute approximate surface area is 97.6 Å². The van der Waals surface area contributed by atoms with Crippen LogP contribution in [-0.2, 0) is 10.2 Å². The minimum atomic E-state index is 0.159. The van der Waals surface area contributed by atoms with E-state index in [0.29, 0.717) is 13.0 Å². The Hall–Kier alpha value is -1.31. The van der Waals surface area contributed by atoms with Gasteiger partial charge in [0.15, 0.2) is 0 Å². The minimum absolute atomic E-state index is 0.159. The van der Waals surface area contributed by atoms with E-state index in [0.717, 1.165) is 5.75 Å². The molecule has 0 atom stereocenters. The number of ketones is 1. The van der Waals surface area contributed by atoms with Crippen LogP contribution in [0.15, 0.2) is 24.3 Å². The van der Waals surface area contributed by atoms with Crippen LogP contribution in [-0.4, -0.2) is 12.4 Å². The van der Waals surface area contributed by atoms with Gasteiger partial charge in [0, 0.05) is 6.42 Å². The van der Waals surface area contributed by atoms with Gasteiger partial charge in [-0.1, -0.05) is 32.9 Å². The highest BCUT2D eigenvalue weighted by atomic mass is 16.5. The summed E-state index contributed by atoms with van der Waals surface area (Å²) in [6.45, 7) is 8.58. The SMILES string of the molecule is CC(=O)CCOc1ccc(C(C)(C)C)cc1. The zero-order valence-corrected chi connectivity index (χ0v) is 10.5. The van der Waals surface area contributed by atoms with Crippen LogP contribution in [0.1, 0.15) is 39.7 Å². The van der Waals surface area contributed by atoms with E-state index in [4.69, 9.17) is 4.74 Å². The average molecular weight is 220 g/mol. The van der Waals surface area contributed by atoms with Crippen LogP contribution in [0.3, 0.4) is 0 Å². The summed E-state index contributed by atoms with van der Waals surface area (Å²) in [5.74, 6) is 0.987. The monoisotopic (exact) mass is 220 g/mol. The molecule has 2 heteroatoms. The van der Waals surface area contributed by atoms with Crippen molar-refractivity contribution in [1.29, 1.82) is 0 Å². The van der Waals surface area contributed by atoms with Gasteiger partial charge in [0.2, 0.25) is 0 Å². The van der Waals surface area contributed by atoms with E-state index in [1.54, 1.807) is 6.92 Å². The molecule has 16 heavy (non-hydrogen) atoms. The Bertz CT molecular complexity index is 344. The van der Waals surface area contributed by atoms with Crippen molar-refractivity contribution in [2.75, 3.05) is 6.61 Å². The van der Waals surface area contributed by atoms with Gasteiger partial charge in [0.05, 0.1) is 6.61 Å². The number of Topliss-reactive ketones (excluding diaryl/α,β-unsaturated/α-hetero) is 1. The van der Waals surface area contributed by atoms with E-state index < -0.39 is 0 Å². The molecular formula is C14H20O2. The van der Waals surface area contributed by atoms with E-state index in [2.05, 4.69) is 32.9 Å². The fourth-order valence-corrected chi connectivity index (χ4v) is 1.36. The number of hydrogen-bond donors (Lipinski definition) is 0. The van der Waals surface area contributed by atoms with Crippen molar-refractivity contribution < 1.29 is 9.53 Å². The van der Waals surface area contributed by atoms with Gasteiger partial charge in [0.25, 0.3) is 0 Å². The molecular weight excluding hydrogens is 200 g/mol. The Kier molecular flexibility index (Phi) is 4.11. The van der Waals surface area contributed by atoms with Crippen molar-refractivity contribution in [2.45, 2.75) is 39.5 Å². The van der Waals surface area contributed by atoms with Crippen molar-refractivity contribution in [3.8, 4) is 5.75 Å². The van der Waals surface area contributed by atoms with Crippen molar-refractivity contribution >= 4 is 5.78 Å². The largest absolute Gasteiger partial charge is 0.493 e. The lowest BCUT2D eigenvalue weighted by Crippen LogP contribution is -2.10. The Morgan fingerprint density at radius 3 is 2.19 bits per heavy atom. The maximum absolute atomic E-state index is 10.7. The van der Waals surface area contributed by atoms with Gasteiger partial charge in [-0.15, -0.1) is 0 Å². The predicted molar refractivity (Wildman–Crippen MR) is 65.9 cm³/mol. The van der Waals surface area contributed by atoms with Gasteiger partial charge in [-0.05, 0) is 30.0 Å². The fourth-order valence-electron chi connectivity index (χ4n) is 1.36. The van der Waals surface area contributed by atoms with Crippen molar-refractivity contribution in [2.24, 2.45) is 0 Å². The lowest BCUT2D eigenvalue weighted by Gasteiger charge is -2.19. The molecule has 1 rings (SSSR count). The number of rotatable bonds is 4. The molecule has 1 aromatic carbocycles. The molecule has 0 fully saturated rings. The van der Waals surface area contributed by atoms with E-state index in [9.17, 15) is 4.79 Å². The molecule has 0 aromatic heterocycles. The van der Waals surface area contributed by atoms with Gasteiger partial charge >= 0.3 is 0 Å². The lowest BCUT2D eigenvalue weighted by atomic mass is 9.87. The predicted octanol–water partition coefficient (Wildman–Crippen LogP) is 3.34. The van der Waals surface area contributed by atoms with Crippen LogP contribution in [0.4, 0.5) is 0 Å². The number of carbonyl (C=O) groups is 1. The molecule has 0 aliphatic rings. The smallest absolute Gasteiger partial charge is 0.133 e. The van der Waals surface area contributed by atoms with Gasteiger partial charge in [-0.2, -0.15) is 0 Å². The second-order valence-electron chi connectivity index (χ2n) is 5.07. The number of carbonyl (C=O) groups excluding carboxylic acids is 1. The lowest BCUT2D eigenvalue weighted by molar-refractivity contribution is -0.117. The zero-order chi connectivity index (χ0) is 12.2. The Balaban J connectivity index is 2.55. The third-order valence-electron chi connectivity index (χ3n) is 2.44. The molecule has 0 heterocycles. The summed E-state index contributed by atoms with van der Waals surface area (Å²) in [6, 6.07) is 8.06. The molecule has 0 saturated heterocycles. The van der Waals surface area contributed by atoms with Crippen LogP contribution < -0.4 is 4.74 Å². The summed E-state index contributed by atoms with van der Waals surface area (Å²) in [7, 11) is 0. The highest BCUT2D eigenvalue weighted by Gasteiger charge is 2.12. The summed E-state index contributed by atoms with van der Waals surface area (Å²) >= 11 is 0. The third-order valence-corrected chi connectivity index (χ3v) is 2.44. The summed E-state index contributed by atoms with van der Waals surface area (Å²) in [5, 5.41) is 0. The standard InChI is InChI=1S/C14H20O2/c1-11(15)9-10-16-13-7-5-12(6-8-13)14(2,3)4/h5-8H,9-10H2,1-4H3. The molecule has 0 amide bonds. The molecule has 0 aliphatic heterocycles. The number of benzene rings is 1. The average Bonchev–Trinajstić information content (AvgIpc) is 2.16. The van der Waals surface area contributed by atoms with E-state index in [1.165, 1.54) is 5.56 Å². The molecule has 2 nitrogen and oxygen atoms in total. The Morgan fingerprint density at radius 1 is 1.19 bits per heavy atom. The molecule has 0 saturated carbocycles. The maximum Gasteiger partial charge on any atom is 0.133 e. The topological polar surface area (TPSA) is 26.3 Å². The summed E-state index contributed by atoms with van der Waals surface area (Å²) in [6.07, 6.45) is 0.473. The van der Waals surface area contributed by atoms with Crippen LogP contribution in [0.25, 0.3) is 0 Å². The highest BCUT2D eigenvalue weighted by Crippen LogP contribution is 2.24. The van der Waals surface area contributed by atoms with E-state index >= 15 is 0 Å². The number of ether oxygens (including phenoxy) is 1. The second-order valence-corrected chi connectivity index (χ2v) is 5.07. The van der Waals surface area contributed by atoms with Crippen LogP contribution in [0, 0.1) is 0 Å². The zero-order valence-electron chi connectivity index (χ0n) is 10.5. The van der Waals surface area contributed by atoms with Gasteiger partial charge in [-0.25, -0.2) is 0 Å². The van der Waals surface area contributed by atoms with Crippen molar-refractivity contribution in [3.05, 3.63) is 29.8 Å². The molecule has 88 valence electrons. The molecule has 0 aliphatic carbocycles. The van der Waals surface area contributed by atoms with E-state index in [1.807, 2.05) is 12.1 Å². The molecule has 0 radical (unpaired) electrons. The van der Waals surface area contributed by atoms with Crippen LogP contribution >= 0.6 is 0 Å². The third kappa shape index (κ3) is 4.05. The number of hydrogen-bond acceptors (Lipinski definition) is 2. The Morgan fingerprint density at radius 2 is 1.75 bits per heavy atom. The van der Waals surface area contributed by atoms with E-state index in [-0.39, 0.29) is 11.2 Å². The molecule has 1 aromatic rings. The highest BCUT2D eigenvalue weighted by molar-refractivity contribution is 5.75. The molecule has 0 N–H and O–H groups in total. The van der Waals surface area contributed by atoms with Gasteiger partial charge in [0.1, 0.15) is 11.5 Å². The normalized spacial score (nSPS) is 11.2. The minimum Gasteiger partial charge on any atom is -0.493 e. The first-order chi connectivity index (χ1) is 7.39. The van der Waals surface area contributed by atoms with Crippen molar-refractivity contribution in [3.63, 3.8) is 0 Å². The first-order valence-electron chi connectivity index (χ1n) is 5.62. The van der Waals surface area contributed by atoms with Gasteiger partial charge < -0.3 is 4.74 Å². The quantitative estimate of drug-likeness (QED) is 0.778. The molecule has 0 unspecified atom stereocenters. The summed E-state index contributed by atoms with van der Waals surface area (Å²) in [5.41, 5.74) is 1.45. The maximum atomic E-state index is 10.7. The van der Waals surface area contributed by atoms with Crippen molar-refractivity contribution in [1.82, 2.24) is 0 Å². The molecule has 0 spiro atoms. The second kappa shape index (κ2) is 5.15. The fraction of sp³-hybridized carbons (Fsp3) is 0.500. The van der Waals surface area contributed by atoms with Crippen LogP contribution in [0.2, 0.25) is 0 Å².